The van der Waals surface area contributed by atoms with Crippen molar-refractivity contribution in [3.8, 4) is 5.69 Å². The molecule has 1 N–H and O–H groups in total. The molecule has 0 saturated carbocycles. The van der Waals surface area contributed by atoms with Crippen LogP contribution < -0.4 is 10.2 Å². The average Bonchev–Trinajstić information content (AvgIpc) is 3.38. The molecule has 3 aromatic heterocycles. The molecule has 1 aromatic carbocycles. The van der Waals surface area contributed by atoms with E-state index >= 15 is 0 Å². The largest absolute Gasteiger partial charge is 0.467 e. The van der Waals surface area contributed by atoms with E-state index in [1.807, 2.05) is 41.8 Å². The van der Waals surface area contributed by atoms with Crippen molar-refractivity contribution in [3.63, 3.8) is 0 Å². The molecule has 0 saturated heterocycles. The molecule has 8 heteroatoms. The predicted molar refractivity (Wildman–Crippen MR) is 110 cm³/mol. The van der Waals surface area contributed by atoms with Gasteiger partial charge in [0, 0.05) is 7.05 Å². The first-order chi connectivity index (χ1) is 13.5. The Labute approximate surface area is 166 Å². The van der Waals surface area contributed by atoms with E-state index in [2.05, 4.69) is 29.5 Å². The Morgan fingerprint density at radius 3 is 2.89 bits per heavy atom. The van der Waals surface area contributed by atoms with E-state index < -0.39 is 0 Å². The standard InChI is InChI=1S/C20H21N5O2S/c1-13-6-4-7-15(10-13)25-19-18(14(2)23-25)28-20(22-19)24(3)12-17(26)21-11-16-8-5-9-27-16/h4-10H,11-12H2,1-3H3,(H,21,26). The number of likely N-dealkylation sites (N-methyl/N-ethyl adjacent to an activating group) is 1. The normalized spacial score (nSPS) is 11.1. The molecule has 144 valence electrons. The number of nitrogens with one attached hydrogen (secondary N) is 1. The number of aryl methyl sites for hydroxylation is 2. The van der Waals surface area contributed by atoms with Crippen molar-refractivity contribution in [3.05, 3.63) is 59.7 Å². The molecular formula is C20H21N5O2S. The lowest BCUT2D eigenvalue weighted by atomic mass is 10.2. The van der Waals surface area contributed by atoms with E-state index in [0.29, 0.717) is 6.54 Å². The summed E-state index contributed by atoms with van der Waals surface area (Å²) >= 11 is 1.54. The molecule has 7 nitrogen and oxygen atoms in total. The van der Waals surface area contributed by atoms with Gasteiger partial charge in [-0.2, -0.15) is 10.1 Å². The van der Waals surface area contributed by atoms with Gasteiger partial charge in [0.2, 0.25) is 5.91 Å². The monoisotopic (exact) mass is 395 g/mol. The summed E-state index contributed by atoms with van der Waals surface area (Å²) in [5, 5.41) is 8.27. The number of aromatic nitrogens is 3. The summed E-state index contributed by atoms with van der Waals surface area (Å²) in [4.78, 5) is 18.8. The Kier molecular flexibility index (Phi) is 4.87. The highest BCUT2D eigenvalue weighted by atomic mass is 32.1. The molecule has 0 unspecified atom stereocenters. The fourth-order valence-corrected chi connectivity index (χ4v) is 3.91. The molecule has 0 atom stereocenters. The number of benzene rings is 1. The molecule has 4 aromatic rings. The van der Waals surface area contributed by atoms with Crippen molar-refractivity contribution in [2.45, 2.75) is 20.4 Å². The van der Waals surface area contributed by atoms with Crippen LogP contribution in [-0.2, 0) is 11.3 Å². The molecule has 28 heavy (non-hydrogen) atoms. The van der Waals surface area contributed by atoms with Crippen molar-refractivity contribution in [2.75, 3.05) is 18.5 Å². The fraction of sp³-hybridized carbons (Fsp3) is 0.250. The van der Waals surface area contributed by atoms with Gasteiger partial charge in [0.15, 0.2) is 10.8 Å². The minimum Gasteiger partial charge on any atom is -0.467 e. The summed E-state index contributed by atoms with van der Waals surface area (Å²) in [5.74, 6) is 0.639. The number of fused-ring (bicyclic) bond motifs is 1. The lowest BCUT2D eigenvalue weighted by molar-refractivity contribution is -0.119. The quantitative estimate of drug-likeness (QED) is 0.541. The highest BCUT2D eigenvalue weighted by Crippen LogP contribution is 2.32. The van der Waals surface area contributed by atoms with Crippen LogP contribution in [-0.4, -0.2) is 34.3 Å². The van der Waals surface area contributed by atoms with Crippen LogP contribution in [0.3, 0.4) is 0 Å². The van der Waals surface area contributed by atoms with Crippen molar-refractivity contribution in [1.82, 2.24) is 20.1 Å². The Hall–Kier alpha value is -3.13. The molecule has 0 spiro atoms. The van der Waals surface area contributed by atoms with Gasteiger partial charge in [0.25, 0.3) is 0 Å². The number of thiazole rings is 1. The summed E-state index contributed by atoms with van der Waals surface area (Å²) in [5.41, 5.74) is 3.88. The molecule has 3 heterocycles. The second kappa shape index (κ2) is 7.47. The first-order valence-corrected chi connectivity index (χ1v) is 9.76. The molecule has 0 aliphatic carbocycles. The third-order valence-corrected chi connectivity index (χ3v) is 5.64. The number of nitrogens with zero attached hydrogens (tertiary/aromatic N) is 4. The van der Waals surface area contributed by atoms with E-state index in [4.69, 9.17) is 9.40 Å². The minimum atomic E-state index is -0.0878. The number of carbonyl (C=O) groups excluding carboxylic acids is 1. The second-order valence-corrected chi connectivity index (χ2v) is 7.68. The summed E-state index contributed by atoms with van der Waals surface area (Å²) < 4.78 is 8.12. The van der Waals surface area contributed by atoms with Crippen LogP contribution in [0.4, 0.5) is 5.13 Å². The topological polar surface area (TPSA) is 76.2 Å². The Morgan fingerprint density at radius 1 is 1.29 bits per heavy atom. The maximum absolute atomic E-state index is 12.2. The second-order valence-electron chi connectivity index (χ2n) is 6.70. The average molecular weight is 395 g/mol. The summed E-state index contributed by atoms with van der Waals surface area (Å²) in [7, 11) is 1.87. The number of hydrogen-bond donors (Lipinski definition) is 1. The van der Waals surface area contributed by atoms with Crippen LogP contribution in [0.25, 0.3) is 16.0 Å². The van der Waals surface area contributed by atoms with Crippen LogP contribution in [0.5, 0.6) is 0 Å². The van der Waals surface area contributed by atoms with Crippen LogP contribution in [0, 0.1) is 13.8 Å². The summed E-state index contributed by atoms with van der Waals surface area (Å²) in [6, 6.07) is 11.8. The van der Waals surface area contributed by atoms with Gasteiger partial charge >= 0.3 is 0 Å². The van der Waals surface area contributed by atoms with E-state index in [9.17, 15) is 4.79 Å². The number of amides is 1. The zero-order chi connectivity index (χ0) is 19.7. The van der Waals surface area contributed by atoms with Crippen molar-refractivity contribution in [2.24, 2.45) is 0 Å². The zero-order valence-corrected chi connectivity index (χ0v) is 16.8. The van der Waals surface area contributed by atoms with E-state index in [-0.39, 0.29) is 12.5 Å². The highest BCUT2D eigenvalue weighted by molar-refractivity contribution is 7.22. The first-order valence-electron chi connectivity index (χ1n) is 8.94. The third-order valence-electron chi connectivity index (χ3n) is 4.37. The maximum Gasteiger partial charge on any atom is 0.239 e. The van der Waals surface area contributed by atoms with Crippen LogP contribution in [0.15, 0.2) is 47.1 Å². The Bertz CT molecular complexity index is 1110. The molecular weight excluding hydrogens is 374 g/mol. The van der Waals surface area contributed by atoms with Crippen molar-refractivity contribution >= 4 is 32.7 Å². The van der Waals surface area contributed by atoms with Gasteiger partial charge in [0.05, 0.1) is 35.4 Å². The smallest absolute Gasteiger partial charge is 0.239 e. The van der Waals surface area contributed by atoms with Crippen LogP contribution in [0.1, 0.15) is 17.0 Å². The minimum absolute atomic E-state index is 0.0878. The van der Waals surface area contributed by atoms with Gasteiger partial charge in [-0.3, -0.25) is 4.79 Å². The van der Waals surface area contributed by atoms with Crippen LogP contribution in [0.2, 0.25) is 0 Å². The number of hydrogen-bond acceptors (Lipinski definition) is 6. The highest BCUT2D eigenvalue weighted by Gasteiger charge is 2.18. The van der Waals surface area contributed by atoms with Crippen molar-refractivity contribution < 1.29 is 9.21 Å². The molecule has 0 fully saturated rings. The summed E-state index contributed by atoms with van der Waals surface area (Å²) in [6.45, 7) is 4.62. The molecule has 0 bridgehead atoms. The van der Waals surface area contributed by atoms with Crippen LogP contribution >= 0.6 is 11.3 Å². The predicted octanol–water partition coefficient (Wildman–Crippen LogP) is 3.44. The Balaban J connectivity index is 1.52. The first kappa shape index (κ1) is 18.2. The Morgan fingerprint density at radius 2 is 2.14 bits per heavy atom. The van der Waals surface area contributed by atoms with Gasteiger partial charge in [-0.15, -0.1) is 0 Å². The maximum atomic E-state index is 12.2. The van der Waals surface area contributed by atoms with E-state index in [0.717, 1.165) is 32.6 Å². The van der Waals surface area contributed by atoms with Gasteiger partial charge in [-0.05, 0) is 43.7 Å². The molecule has 0 aliphatic rings. The van der Waals surface area contributed by atoms with Gasteiger partial charge in [-0.1, -0.05) is 23.5 Å². The third kappa shape index (κ3) is 3.63. The van der Waals surface area contributed by atoms with E-state index in [1.165, 1.54) is 5.56 Å². The molecule has 0 radical (unpaired) electrons. The van der Waals surface area contributed by atoms with Gasteiger partial charge < -0.3 is 14.6 Å². The molecule has 0 aliphatic heterocycles. The van der Waals surface area contributed by atoms with Crippen molar-refractivity contribution in [1.29, 1.82) is 0 Å². The van der Waals surface area contributed by atoms with E-state index in [1.54, 1.807) is 23.7 Å². The molecule has 4 rings (SSSR count). The number of carbonyl (C=O) groups is 1. The SMILES string of the molecule is Cc1cccc(-n2nc(C)c3sc(N(C)CC(=O)NCc4ccco4)nc32)c1. The number of anilines is 1. The number of furan rings is 1. The number of rotatable bonds is 6. The fourth-order valence-electron chi connectivity index (χ4n) is 2.96. The molecule has 1 amide bonds. The summed E-state index contributed by atoms with van der Waals surface area (Å²) in [6.07, 6.45) is 1.59. The van der Waals surface area contributed by atoms with Gasteiger partial charge in [0.1, 0.15) is 5.76 Å². The lowest BCUT2D eigenvalue weighted by Gasteiger charge is -2.14. The van der Waals surface area contributed by atoms with Gasteiger partial charge in [-0.25, -0.2) is 4.68 Å². The zero-order valence-electron chi connectivity index (χ0n) is 16.0. The lowest BCUT2D eigenvalue weighted by Crippen LogP contribution is -2.34.